The van der Waals surface area contributed by atoms with Gasteiger partial charge in [-0.25, -0.2) is 0 Å². The van der Waals surface area contributed by atoms with E-state index in [0.29, 0.717) is 0 Å². The third-order valence-corrected chi connectivity index (χ3v) is 1.39. The van der Waals surface area contributed by atoms with E-state index in [1.54, 1.807) is 6.08 Å². The van der Waals surface area contributed by atoms with Gasteiger partial charge in [-0.05, 0) is 12.8 Å². The van der Waals surface area contributed by atoms with E-state index in [-0.39, 0.29) is 0 Å². The molecule has 0 saturated carbocycles. The minimum absolute atomic E-state index is 0.935. The Kier molecular flexibility index (Phi) is 220. The van der Waals surface area contributed by atoms with Gasteiger partial charge in [-0.15, -0.1) is 6.58 Å². The Morgan fingerprint density at radius 2 is 0.882 bits per heavy atom. The molecule has 0 spiro atoms. The Morgan fingerprint density at radius 1 is 0.765 bits per heavy atom. The Balaban J connectivity index is -0.0000000238. The summed E-state index contributed by atoms with van der Waals surface area (Å²) in [6, 6.07) is 0. The van der Waals surface area contributed by atoms with E-state index in [4.69, 9.17) is 0 Å². The van der Waals surface area contributed by atoms with Crippen LogP contribution >= 0.6 is 0 Å². The van der Waals surface area contributed by atoms with Gasteiger partial charge < -0.3 is 0 Å². The first-order valence-corrected chi connectivity index (χ1v) is 7.79. The Labute approximate surface area is 115 Å². The summed E-state index contributed by atoms with van der Waals surface area (Å²) in [4.78, 5) is 0. The molecule has 0 amide bonds. The molecule has 0 nitrogen and oxygen atoms in total. The summed E-state index contributed by atoms with van der Waals surface area (Å²) in [5.74, 6) is 0.935. The van der Waals surface area contributed by atoms with Crippen molar-refractivity contribution in [1.82, 2.24) is 0 Å². The molecule has 0 bridgehead atoms. The average molecular weight is 249 g/mol. The van der Waals surface area contributed by atoms with Crippen molar-refractivity contribution in [1.29, 1.82) is 0 Å². The van der Waals surface area contributed by atoms with Crippen molar-refractivity contribution < 1.29 is 0 Å². The molecule has 0 N–H and O–H groups in total. The lowest BCUT2D eigenvalue weighted by Gasteiger charge is -1.98. The number of hydrogen-bond acceptors (Lipinski definition) is 0. The monoisotopic (exact) mass is 248 g/mol. The molecule has 0 saturated heterocycles. The highest BCUT2D eigenvalue weighted by Gasteiger charge is 1.88. The highest BCUT2D eigenvalue weighted by Crippen LogP contribution is 2.02. The van der Waals surface area contributed by atoms with Gasteiger partial charge in [0.2, 0.25) is 0 Å². The van der Waals surface area contributed by atoms with Crippen molar-refractivity contribution >= 4 is 0 Å². The largest absolute Gasteiger partial charge is 0.103 e. The molecule has 0 aliphatic heterocycles. The number of rotatable bonds is 2. The molecule has 0 aromatic carbocycles. The molecular formula is C17H44. The average Bonchev–Trinajstić information content (AvgIpc) is 2.47. The second-order valence-electron chi connectivity index (χ2n) is 2.33. The molecule has 17 heavy (non-hydrogen) atoms. The predicted molar refractivity (Wildman–Crippen MR) is 91.0 cm³/mol. The van der Waals surface area contributed by atoms with Crippen LogP contribution in [0.3, 0.4) is 0 Å². The maximum absolute atomic E-state index is 3.36. The quantitative estimate of drug-likeness (QED) is 0.438. The Morgan fingerprint density at radius 3 is 0.882 bits per heavy atom. The second-order valence-corrected chi connectivity index (χ2v) is 2.33. The van der Waals surface area contributed by atoms with Crippen LogP contribution in [-0.4, -0.2) is 0 Å². The van der Waals surface area contributed by atoms with Crippen molar-refractivity contribution in [2.45, 2.75) is 95.9 Å². The first-order valence-electron chi connectivity index (χ1n) is 7.79. The van der Waals surface area contributed by atoms with Crippen LogP contribution in [0.5, 0.6) is 0 Å². The van der Waals surface area contributed by atoms with Crippen molar-refractivity contribution in [2.24, 2.45) is 5.92 Å². The van der Waals surface area contributed by atoms with E-state index in [0.717, 1.165) is 5.92 Å². The zero-order chi connectivity index (χ0) is 15.7. The lowest BCUT2D eigenvalue weighted by atomic mass is 10.1. The summed E-state index contributed by atoms with van der Waals surface area (Å²) in [6.45, 7) is 28.0. The fourth-order valence-corrected chi connectivity index (χ4v) is 0.289. The summed E-state index contributed by atoms with van der Waals surface area (Å²) in [7, 11) is 0. The van der Waals surface area contributed by atoms with E-state index in [2.05, 4.69) is 27.4 Å². The molecule has 0 aliphatic rings. The summed E-state index contributed by atoms with van der Waals surface area (Å²) < 4.78 is 0. The molecule has 0 heterocycles. The topological polar surface area (TPSA) is 0 Å². The maximum Gasteiger partial charge on any atom is -0.0448 e. The van der Waals surface area contributed by atoms with E-state index in [1.165, 1.54) is 12.8 Å². The summed E-state index contributed by atoms with van der Waals surface area (Å²) in [5, 5.41) is 0. The summed E-state index contributed by atoms with van der Waals surface area (Å²) in [6.07, 6.45) is 4.41. The third kappa shape index (κ3) is 212. The van der Waals surface area contributed by atoms with Crippen LogP contribution in [0.15, 0.2) is 12.7 Å². The van der Waals surface area contributed by atoms with Crippen molar-refractivity contribution in [2.75, 3.05) is 0 Å². The van der Waals surface area contributed by atoms with Gasteiger partial charge in [-0.3, -0.25) is 0 Å². The molecule has 0 aliphatic carbocycles. The van der Waals surface area contributed by atoms with Crippen molar-refractivity contribution in [3.05, 3.63) is 12.7 Å². The lowest BCUT2D eigenvalue weighted by Crippen LogP contribution is -1.85. The van der Waals surface area contributed by atoms with E-state index >= 15 is 0 Å². The van der Waals surface area contributed by atoms with Gasteiger partial charge in [0.25, 0.3) is 0 Å². The maximum atomic E-state index is 3.36. The molecule has 0 rings (SSSR count). The van der Waals surface area contributed by atoms with Crippen LogP contribution in [-0.2, 0) is 0 Å². The molecule has 0 aromatic heterocycles. The van der Waals surface area contributed by atoms with Crippen LogP contribution in [0.2, 0.25) is 0 Å². The Bertz CT molecular complexity index is 42.0. The highest BCUT2D eigenvalue weighted by atomic mass is 13.9. The number of allylic oxidation sites excluding steroid dienone is 1. The van der Waals surface area contributed by atoms with Crippen LogP contribution in [0.25, 0.3) is 0 Å². The van der Waals surface area contributed by atoms with Crippen LogP contribution in [0.4, 0.5) is 0 Å². The zero-order valence-corrected chi connectivity index (χ0v) is 15.3. The van der Waals surface area contributed by atoms with Crippen LogP contribution < -0.4 is 0 Å². The first kappa shape index (κ1) is 36.0. The highest BCUT2D eigenvalue weighted by molar-refractivity contribution is 4.51. The fraction of sp³-hybridized carbons (Fsp3) is 0.882. The second kappa shape index (κ2) is 104. The van der Waals surface area contributed by atoms with Gasteiger partial charge in [0.15, 0.2) is 0 Å². The first-order chi connectivity index (χ1) is 8.22. The molecule has 0 radical (unpaired) electrons. The van der Waals surface area contributed by atoms with Gasteiger partial charge in [0, 0.05) is 0 Å². The molecule has 0 fully saturated rings. The molecule has 0 atom stereocenters. The predicted octanol–water partition coefficient (Wildman–Crippen LogP) is 7.74. The van der Waals surface area contributed by atoms with Gasteiger partial charge in [-0.2, -0.15) is 0 Å². The standard InChI is InChI=1S/C6H14.C3H6.4C2H6/c1-4-6(3)5-2;1-3-2;4*1-2/h6H,4-5H2,1-3H3;3H,1H2,2H3;4*1-2H3. The zero-order valence-electron chi connectivity index (χ0n) is 15.3. The van der Waals surface area contributed by atoms with E-state index in [9.17, 15) is 0 Å². The number of hydrogen-bond donors (Lipinski definition) is 0. The molecule has 0 unspecified atom stereocenters. The molecule has 112 valence electrons. The summed E-state index contributed by atoms with van der Waals surface area (Å²) in [5.41, 5.74) is 0. The Hall–Kier alpha value is -0.260. The minimum Gasteiger partial charge on any atom is -0.103 e. The van der Waals surface area contributed by atoms with Gasteiger partial charge >= 0.3 is 0 Å². The molecule has 0 heteroatoms. The van der Waals surface area contributed by atoms with Crippen LogP contribution in [0.1, 0.15) is 95.9 Å². The molecular weight excluding hydrogens is 204 g/mol. The SMILES string of the molecule is C=CC.CC.CC.CC.CC.CCC(C)CC. The van der Waals surface area contributed by atoms with E-state index < -0.39 is 0 Å². The summed E-state index contributed by atoms with van der Waals surface area (Å²) >= 11 is 0. The smallest absolute Gasteiger partial charge is 0.0448 e. The van der Waals surface area contributed by atoms with Crippen molar-refractivity contribution in [3.8, 4) is 0 Å². The van der Waals surface area contributed by atoms with Crippen LogP contribution in [0, 0.1) is 5.92 Å². The fourth-order valence-electron chi connectivity index (χ4n) is 0.289. The molecule has 0 aromatic rings. The van der Waals surface area contributed by atoms with Gasteiger partial charge in [-0.1, -0.05) is 95.1 Å². The van der Waals surface area contributed by atoms with Gasteiger partial charge in [0.1, 0.15) is 0 Å². The lowest BCUT2D eigenvalue weighted by molar-refractivity contribution is 0.544. The van der Waals surface area contributed by atoms with E-state index in [1.807, 2.05) is 62.3 Å². The normalized spacial score (nSPS) is 5.71. The van der Waals surface area contributed by atoms with Gasteiger partial charge in [0.05, 0.1) is 0 Å². The van der Waals surface area contributed by atoms with Crippen molar-refractivity contribution in [3.63, 3.8) is 0 Å². The third-order valence-electron chi connectivity index (χ3n) is 1.39. The minimum atomic E-state index is 0.935.